The summed E-state index contributed by atoms with van der Waals surface area (Å²) in [5.41, 5.74) is 2.13. The van der Waals surface area contributed by atoms with Crippen LogP contribution in [0.15, 0.2) is 60.7 Å². The Labute approximate surface area is 186 Å². The molecule has 0 atom stereocenters. The number of nitrogens with zero attached hydrogens (tertiary/aromatic N) is 3. The summed E-state index contributed by atoms with van der Waals surface area (Å²) < 4.78 is 0. The van der Waals surface area contributed by atoms with E-state index in [-0.39, 0.29) is 16.8 Å². The largest absolute Gasteiger partial charge is 0.324 e. The molecule has 1 N–H and O–H groups in total. The second-order valence-corrected chi connectivity index (χ2v) is 9.10. The van der Waals surface area contributed by atoms with E-state index in [0.717, 1.165) is 30.7 Å². The van der Waals surface area contributed by atoms with Gasteiger partial charge >= 0.3 is 6.03 Å². The van der Waals surface area contributed by atoms with E-state index in [1.54, 1.807) is 35.2 Å². The zero-order chi connectivity index (χ0) is 21.7. The number of carbonyl (C=O) groups is 2. The van der Waals surface area contributed by atoms with Crippen LogP contribution >= 0.6 is 11.8 Å². The molecule has 2 aromatic carbocycles. The van der Waals surface area contributed by atoms with Crippen molar-refractivity contribution in [3.63, 3.8) is 0 Å². The molecule has 2 aliphatic heterocycles. The Kier molecular flexibility index (Phi) is 6.28. The third-order valence-corrected chi connectivity index (χ3v) is 7.29. The minimum atomic E-state index is -0.240. The van der Waals surface area contributed by atoms with Gasteiger partial charge in [-0.05, 0) is 42.7 Å². The summed E-state index contributed by atoms with van der Waals surface area (Å²) in [6, 6.07) is 18.6. The van der Waals surface area contributed by atoms with Gasteiger partial charge in [0.1, 0.15) is 0 Å². The Morgan fingerprint density at radius 1 is 1.06 bits per heavy atom. The van der Waals surface area contributed by atoms with E-state index in [4.69, 9.17) is 5.26 Å². The molecule has 2 aliphatic rings. The first-order valence-corrected chi connectivity index (χ1v) is 11.3. The van der Waals surface area contributed by atoms with Crippen molar-refractivity contribution in [1.29, 1.82) is 5.26 Å². The predicted molar refractivity (Wildman–Crippen MR) is 123 cm³/mol. The maximum Gasteiger partial charge on any atom is 0.321 e. The Balaban J connectivity index is 1.37. The maximum absolute atomic E-state index is 12.9. The highest BCUT2D eigenvalue weighted by molar-refractivity contribution is 8.00. The van der Waals surface area contributed by atoms with Crippen LogP contribution in [-0.2, 0) is 4.79 Å². The van der Waals surface area contributed by atoms with Crippen molar-refractivity contribution in [2.24, 2.45) is 0 Å². The van der Waals surface area contributed by atoms with Crippen molar-refractivity contribution in [1.82, 2.24) is 9.80 Å². The van der Waals surface area contributed by atoms with E-state index in [1.807, 2.05) is 53.1 Å². The summed E-state index contributed by atoms with van der Waals surface area (Å²) in [5, 5.41) is 11.9. The van der Waals surface area contributed by atoms with Crippen molar-refractivity contribution >= 4 is 35.5 Å². The monoisotopic (exact) mass is 432 g/mol. The fourth-order valence-electron chi connectivity index (χ4n) is 4.08. The van der Waals surface area contributed by atoms with Crippen LogP contribution in [0, 0.1) is 11.3 Å². The lowest BCUT2D eigenvalue weighted by Crippen LogP contribution is -2.53. The number of carbonyl (C=O) groups excluding carboxylic acids is 2. The molecule has 2 aromatic rings. The molecule has 6 nitrogen and oxygen atoms in total. The number of nitrogens with one attached hydrogen (secondary N) is 1. The summed E-state index contributed by atoms with van der Waals surface area (Å²) in [6.45, 7) is 1.90. The SMILES string of the molecule is N#Cc1cccc(NC(=O)N2CCC3(CC2)SCCN3C(=O)/C=C/c2ccccc2)c1. The van der Waals surface area contributed by atoms with Crippen LogP contribution in [0.3, 0.4) is 0 Å². The molecule has 7 heteroatoms. The van der Waals surface area contributed by atoms with Crippen molar-refractivity contribution in [3.8, 4) is 6.07 Å². The smallest absolute Gasteiger partial charge is 0.321 e. The molecule has 158 valence electrons. The normalized spacial score (nSPS) is 17.6. The first-order chi connectivity index (χ1) is 15.1. The molecule has 0 radical (unpaired) electrons. The molecule has 2 heterocycles. The molecule has 0 bridgehead atoms. The molecular weight excluding hydrogens is 408 g/mol. The molecule has 3 amide bonds. The van der Waals surface area contributed by atoms with Gasteiger partial charge in [0.15, 0.2) is 0 Å². The first kappa shape index (κ1) is 21.0. The number of anilines is 1. The molecule has 1 spiro atoms. The van der Waals surface area contributed by atoms with Crippen LogP contribution in [-0.4, -0.2) is 52.0 Å². The maximum atomic E-state index is 12.9. The molecule has 2 fully saturated rings. The average molecular weight is 433 g/mol. The molecule has 0 saturated carbocycles. The van der Waals surface area contributed by atoms with Crippen LogP contribution in [0.5, 0.6) is 0 Å². The number of benzene rings is 2. The fourth-order valence-corrected chi connectivity index (χ4v) is 5.55. The lowest BCUT2D eigenvalue weighted by Gasteiger charge is -2.43. The Morgan fingerprint density at radius 3 is 2.58 bits per heavy atom. The van der Waals surface area contributed by atoms with E-state index >= 15 is 0 Å². The van der Waals surface area contributed by atoms with E-state index in [2.05, 4.69) is 11.4 Å². The number of hydrogen-bond donors (Lipinski definition) is 1. The lowest BCUT2D eigenvalue weighted by atomic mass is 10.0. The molecule has 0 unspecified atom stereocenters. The van der Waals surface area contributed by atoms with Gasteiger partial charge in [0, 0.05) is 37.2 Å². The third-order valence-electron chi connectivity index (χ3n) is 5.74. The molecular formula is C24H24N4O2S. The second-order valence-electron chi connectivity index (χ2n) is 7.64. The lowest BCUT2D eigenvalue weighted by molar-refractivity contribution is -0.129. The van der Waals surface area contributed by atoms with Crippen molar-refractivity contribution < 1.29 is 9.59 Å². The quantitative estimate of drug-likeness (QED) is 0.739. The summed E-state index contributed by atoms with van der Waals surface area (Å²) in [7, 11) is 0. The van der Waals surface area contributed by atoms with E-state index in [1.165, 1.54) is 0 Å². The zero-order valence-corrected chi connectivity index (χ0v) is 18.0. The highest BCUT2D eigenvalue weighted by Crippen LogP contribution is 2.44. The third kappa shape index (κ3) is 4.75. The Hall–Kier alpha value is -3.24. The number of piperidine rings is 1. The highest BCUT2D eigenvalue weighted by Gasteiger charge is 2.46. The molecule has 2 saturated heterocycles. The summed E-state index contributed by atoms with van der Waals surface area (Å²) >= 11 is 1.82. The van der Waals surface area contributed by atoms with Gasteiger partial charge in [-0.15, -0.1) is 11.8 Å². The molecule has 0 aromatic heterocycles. The van der Waals surface area contributed by atoms with Crippen molar-refractivity contribution in [2.75, 3.05) is 30.7 Å². The molecule has 31 heavy (non-hydrogen) atoms. The van der Waals surface area contributed by atoms with Gasteiger partial charge in [0.05, 0.1) is 16.5 Å². The van der Waals surface area contributed by atoms with Gasteiger partial charge in [-0.25, -0.2) is 4.79 Å². The van der Waals surface area contributed by atoms with E-state index < -0.39 is 0 Å². The van der Waals surface area contributed by atoms with Gasteiger partial charge < -0.3 is 15.1 Å². The Bertz CT molecular complexity index is 1020. The number of likely N-dealkylation sites (tertiary alicyclic amines) is 1. The number of rotatable bonds is 3. The van der Waals surface area contributed by atoms with Crippen molar-refractivity contribution in [3.05, 3.63) is 71.8 Å². The van der Waals surface area contributed by atoms with Gasteiger partial charge in [-0.1, -0.05) is 36.4 Å². The van der Waals surface area contributed by atoms with Crippen LogP contribution in [0.2, 0.25) is 0 Å². The van der Waals surface area contributed by atoms with Gasteiger partial charge in [-0.2, -0.15) is 5.26 Å². The minimum absolute atomic E-state index is 0.0278. The summed E-state index contributed by atoms with van der Waals surface area (Å²) in [6.07, 6.45) is 5.00. The summed E-state index contributed by atoms with van der Waals surface area (Å²) in [5.74, 6) is 0.943. The first-order valence-electron chi connectivity index (χ1n) is 10.3. The van der Waals surface area contributed by atoms with Crippen LogP contribution < -0.4 is 5.32 Å². The van der Waals surface area contributed by atoms with Crippen LogP contribution in [0.25, 0.3) is 6.08 Å². The minimum Gasteiger partial charge on any atom is -0.324 e. The number of urea groups is 1. The topological polar surface area (TPSA) is 76.4 Å². The van der Waals surface area contributed by atoms with Gasteiger partial charge in [-0.3, -0.25) is 4.79 Å². The molecule has 0 aliphatic carbocycles. The van der Waals surface area contributed by atoms with Crippen molar-refractivity contribution in [2.45, 2.75) is 17.7 Å². The highest BCUT2D eigenvalue weighted by atomic mass is 32.2. The summed E-state index contributed by atoms with van der Waals surface area (Å²) in [4.78, 5) is 29.1. The van der Waals surface area contributed by atoms with Crippen LogP contribution in [0.1, 0.15) is 24.0 Å². The van der Waals surface area contributed by atoms with Gasteiger partial charge in [0.25, 0.3) is 0 Å². The van der Waals surface area contributed by atoms with E-state index in [0.29, 0.717) is 24.3 Å². The number of thioether (sulfide) groups is 1. The number of nitriles is 1. The number of amides is 3. The zero-order valence-electron chi connectivity index (χ0n) is 17.2. The van der Waals surface area contributed by atoms with Gasteiger partial charge in [0.2, 0.25) is 5.91 Å². The second kappa shape index (κ2) is 9.27. The molecule has 4 rings (SSSR count). The standard InChI is InChI=1S/C24H24N4O2S/c25-18-20-7-4-8-21(17-20)26-23(30)27-13-11-24(12-14-27)28(15-16-31-24)22(29)10-9-19-5-2-1-3-6-19/h1-10,17H,11-16H2,(H,26,30)/b10-9+. The predicted octanol–water partition coefficient (Wildman–Crippen LogP) is 4.17. The fraction of sp³-hybridized carbons (Fsp3) is 0.292. The number of hydrogen-bond acceptors (Lipinski definition) is 4. The van der Waals surface area contributed by atoms with Crippen LogP contribution in [0.4, 0.5) is 10.5 Å². The average Bonchev–Trinajstić information content (AvgIpc) is 3.21. The Morgan fingerprint density at radius 2 is 1.84 bits per heavy atom. The van der Waals surface area contributed by atoms with E-state index in [9.17, 15) is 9.59 Å².